The van der Waals surface area contributed by atoms with Crippen molar-refractivity contribution < 1.29 is 14.7 Å². The highest BCUT2D eigenvalue weighted by atomic mass is 32.1. The topological polar surface area (TPSA) is 114 Å². The largest absolute Gasteiger partial charge is 0.388 e. The van der Waals surface area contributed by atoms with Crippen molar-refractivity contribution in [3.63, 3.8) is 0 Å². The first-order valence-corrected chi connectivity index (χ1v) is 16.2. The summed E-state index contributed by atoms with van der Waals surface area (Å²) in [5, 5.41) is 13.8. The summed E-state index contributed by atoms with van der Waals surface area (Å²) in [5.74, 6) is -0.476. The van der Waals surface area contributed by atoms with Crippen molar-refractivity contribution in [3.8, 4) is 5.69 Å². The number of rotatable bonds is 6. The highest BCUT2D eigenvalue weighted by Gasteiger charge is 2.42. The van der Waals surface area contributed by atoms with Crippen LogP contribution in [0.4, 0.5) is 0 Å². The van der Waals surface area contributed by atoms with Crippen LogP contribution in [0.3, 0.4) is 0 Å². The lowest BCUT2D eigenvalue weighted by atomic mass is 9.79. The lowest BCUT2D eigenvalue weighted by Gasteiger charge is -2.43. The van der Waals surface area contributed by atoms with E-state index in [1.165, 1.54) is 22.2 Å². The van der Waals surface area contributed by atoms with Crippen LogP contribution >= 0.6 is 11.3 Å². The van der Waals surface area contributed by atoms with Gasteiger partial charge in [-0.2, -0.15) is 0 Å². The second kappa shape index (κ2) is 12.1. The van der Waals surface area contributed by atoms with Crippen molar-refractivity contribution in [1.29, 1.82) is 0 Å². The highest BCUT2D eigenvalue weighted by Crippen LogP contribution is 2.36. The van der Waals surface area contributed by atoms with E-state index in [-0.39, 0.29) is 35.8 Å². The SMILES string of the molecule is O=C(c1cscn1)N1CC[C@@H](C(=O)N2CCC(O)(Cn3cnc4c(ccn4-c4ccccc4)c3=O)CC2)[C@H](c2ccccc2)C1. The minimum atomic E-state index is -1.14. The fraction of sp³-hybridized carbons (Fsp3) is 0.324. The fourth-order valence-electron chi connectivity index (χ4n) is 6.77. The number of nitrogens with zero attached hydrogens (tertiary/aromatic N) is 6. The first-order chi connectivity index (χ1) is 21.9. The molecular formula is C34H34N6O4S. The molecule has 0 aliphatic carbocycles. The number of aromatic nitrogens is 4. The van der Waals surface area contributed by atoms with Crippen LogP contribution in [-0.4, -0.2) is 77.6 Å². The number of benzene rings is 2. The van der Waals surface area contributed by atoms with Gasteiger partial charge < -0.3 is 19.5 Å². The molecule has 10 nitrogen and oxygen atoms in total. The third kappa shape index (κ3) is 5.69. The quantitative estimate of drug-likeness (QED) is 0.307. The van der Waals surface area contributed by atoms with Crippen LogP contribution in [0.5, 0.6) is 0 Å². The zero-order valence-corrected chi connectivity index (χ0v) is 25.6. The van der Waals surface area contributed by atoms with Gasteiger partial charge in [0.05, 0.1) is 23.0 Å². The van der Waals surface area contributed by atoms with Crippen LogP contribution < -0.4 is 5.56 Å². The number of hydrogen-bond acceptors (Lipinski definition) is 7. The normalized spacial score (nSPS) is 19.9. The van der Waals surface area contributed by atoms with E-state index >= 15 is 0 Å². The van der Waals surface area contributed by atoms with Gasteiger partial charge in [0, 0.05) is 55.3 Å². The molecule has 11 heteroatoms. The van der Waals surface area contributed by atoms with Gasteiger partial charge in [0.25, 0.3) is 11.5 Å². The molecule has 0 saturated carbocycles. The second-order valence-electron chi connectivity index (χ2n) is 12.0. The Labute approximate surface area is 264 Å². The lowest BCUT2D eigenvalue weighted by molar-refractivity contribution is -0.142. The molecule has 2 aliphatic rings. The number of fused-ring (bicyclic) bond motifs is 1. The smallest absolute Gasteiger partial charge is 0.273 e. The van der Waals surface area contributed by atoms with Crippen molar-refractivity contribution in [2.45, 2.75) is 37.3 Å². The Morgan fingerprint density at radius 1 is 0.933 bits per heavy atom. The minimum absolute atomic E-state index is 0.0502. The third-order valence-electron chi connectivity index (χ3n) is 9.27. The molecule has 5 heterocycles. The number of carbonyl (C=O) groups is 2. The number of thiazole rings is 1. The van der Waals surface area contributed by atoms with E-state index in [2.05, 4.69) is 9.97 Å². The summed E-state index contributed by atoms with van der Waals surface area (Å²) in [6, 6.07) is 21.4. The predicted octanol–water partition coefficient (Wildman–Crippen LogP) is 3.94. The summed E-state index contributed by atoms with van der Waals surface area (Å²) in [4.78, 5) is 52.9. The molecule has 1 N–H and O–H groups in total. The average molecular weight is 623 g/mol. The number of para-hydroxylation sites is 1. The molecule has 2 aromatic carbocycles. The second-order valence-corrected chi connectivity index (χ2v) is 12.7. The van der Waals surface area contributed by atoms with Gasteiger partial charge in [0.1, 0.15) is 12.0 Å². The molecule has 2 fully saturated rings. The molecule has 45 heavy (non-hydrogen) atoms. The molecule has 0 radical (unpaired) electrons. The molecule has 2 saturated heterocycles. The Bertz CT molecular complexity index is 1860. The number of likely N-dealkylation sites (tertiary alicyclic amines) is 2. The molecular weight excluding hydrogens is 588 g/mol. The molecule has 2 amide bonds. The summed E-state index contributed by atoms with van der Waals surface area (Å²) in [6.07, 6.45) is 4.60. The Morgan fingerprint density at radius 3 is 2.38 bits per heavy atom. The first-order valence-electron chi connectivity index (χ1n) is 15.3. The summed E-state index contributed by atoms with van der Waals surface area (Å²) < 4.78 is 3.36. The van der Waals surface area contributed by atoms with Gasteiger partial charge in [-0.05, 0) is 43.0 Å². The van der Waals surface area contributed by atoms with Gasteiger partial charge in [-0.25, -0.2) is 9.97 Å². The van der Waals surface area contributed by atoms with Crippen LogP contribution in [0.15, 0.2) is 94.9 Å². The molecule has 7 rings (SSSR count). The third-order valence-corrected chi connectivity index (χ3v) is 9.86. The van der Waals surface area contributed by atoms with Crippen molar-refractivity contribution in [2.75, 3.05) is 26.2 Å². The first kappa shape index (κ1) is 29.1. The number of amides is 2. The Balaban J connectivity index is 1.04. The standard InChI is InChI=1S/C34H34N6O4S/c41-31(26-11-15-38(33(43)29-20-45-23-36-29)19-28(26)24-7-3-1-4-8-24)37-17-13-34(44,14-18-37)21-39-22-35-30-27(32(39)42)12-16-40(30)25-9-5-2-6-10-25/h1-10,12,16,20,22-23,26,28,44H,11,13-15,17-19,21H2/t26-,28+/m1/s1. The van der Waals surface area contributed by atoms with E-state index in [1.54, 1.807) is 17.0 Å². The molecule has 230 valence electrons. The van der Waals surface area contributed by atoms with E-state index in [4.69, 9.17) is 0 Å². The average Bonchev–Trinajstić information content (AvgIpc) is 3.78. The van der Waals surface area contributed by atoms with Gasteiger partial charge in [0.15, 0.2) is 5.65 Å². The molecule has 2 aliphatic heterocycles. The fourth-order valence-corrected chi connectivity index (χ4v) is 7.29. The molecule has 2 atom stereocenters. The summed E-state index contributed by atoms with van der Waals surface area (Å²) in [5.41, 5.74) is 3.27. The maximum absolute atomic E-state index is 14.0. The lowest BCUT2D eigenvalue weighted by Crippen LogP contribution is -2.53. The van der Waals surface area contributed by atoms with Crippen LogP contribution in [0.1, 0.15) is 41.2 Å². The monoisotopic (exact) mass is 622 g/mol. The van der Waals surface area contributed by atoms with Crippen LogP contribution in [-0.2, 0) is 11.3 Å². The highest BCUT2D eigenvalue weighted by molar-refractivity contribution is 7.07. The van der Waals surface area contributed by atoms with E-state index in [0.29, 0.717) is 62.2 Å². The van der Waals surface area contributed by atoms with Crippen molar-refractivity contribution in [1.82, 2.24) is 28.9 Å². The van der Waals surface area contributed by atoms with E-state index < -0.39 is 5.60 Å². The summed E-state index contributed by atoms with van der Waals surface area (Å²) in [6.45, 7) is 1.82. The van der Waals surface area contributed by atoms with E-state index in [1.807, 2.05) is 81.2 Å². The minimum Gasteiger partial charge on any atom is -0.388 e. The van der Waals surface area contributed by atoms with Gasteiger partial charge in [-0.3, -0.25) is 19.0 Å². The number of carbonyl (C=O) groups excluding carboxylic acids is 2. The maximum atomic E-state index is 14.0. The zero-order valence-electron chi connectivity index (χ0n) is 24.7. The van der Waals surface area contributed by atoms with E-state index in [9.17, 15) is 19.5 Å². The molecule has 0 unspecified atom stereocenters. The van der Waals surface area contributed by atoms with Gasteiger partial charge >= 0.3 is 0 Å². The summed E-state index contributed by atoms with van der Waals surface area (Å²) >= 11 is 1.39. The van der Waals surface area contributed by atoms with E-state index in [0.717, 1.165) is 11.3 Å². The number of aliphatic hydroxyl groups is 1. The maximum Gasteiger partial charge on any atom is 0.273 e. The van der Waals surface area contributed by atoms with Gasteiger partial charge in [0.2, 0.25) is 5.91 Å². The van der Waals surface area contributed by atoms with Gasteiger partial charge in [-0.15, -0.1) is 11.3 Å². The zero-order chi connectivity index (χ0) is 31.0. The van der Waals surface area contributed by atoms with Crippen LogP contribution in [0, 0.1) is 5.92 Å². The predicted molar refractivity (Wildman–Crippen MR) is 171 cm³/mol. The van der Waals surface area contributed by atoms with Crippen molar-refractivity contribution in [2.24, 2.45) is 5.92 Å². The van der Waals surface area contributed by atoms with Crippen molar-refractivity contribution in [3.05, 3.63) is 112 Å². The molecule has 0 spiro atoms. The molecule has 0 bridgehead atoms. The Hall–Kier alpha value is -4.61. The Kier molecular flexibility index (Phi) is 7.80. The van der Waals surface area contributed by atoms with Crippen molar-refractivity contribution >= 4 is 34.2 Å². The molecule has 3 aromatic heterocycles. The van der Waals surface area contributed by atoms with Gasteiger partial charge in [-0.1, -0.05) is 48.5 Å². The molecule has 5 aromatic rings. The number of piperidine rings is 2. The number of hydrogen-bond donors (Lipinski definition) is 1. The van der Waals surface area contributed by atoms with Crippen LogP contribution in [0.25, 0.3) is 16.7 Å². The summed E-state index contributed by atoms with van der Waals surface area (Å²) in [7, 11) is 0. The van der Waals surface area contributed by atoms with Crippen LogP contribution in [0.2, 0.25) is 0 Å². The Morgan fingerprint density at radius 2 is 1.67 bits per heavy atom.